The molecule has 3 heterocycles. The fourth-order valence-corrected chi connectivity index (χ4v) is 3.42. The normalized spacial score (nSPS) is 27.2. The van der Waals surface area contributed by atoms with Crippen LogP contribution < -0.4 is 0 Å². The summed E-state index contributed by atoms with van der Waals surface area (Å²) in [5, 5.41) is 0.423. The number of amides is 1. The molecule has 2 aliphatic rings. The Morgan fingerprint density at radius 2 is 2.20 bits per heavy atom. The van der Waals surface area contributed by atoms with Gasteiger partial charge in [-0.2, -0.15) is 0 Å². The molecule has 108 valence electrons. The highest BCUT2D eigenvalue weighted by Gasteiger charge is 2.35. The number of aromatic nitrogens is 1. The van der Waals surface area contributed by atoms with Crippen LogP contribution >= 0.6 is 11.6 Å². The number of hydrogen-bond acceptors (Lipinski definition) is 3. The maximum Gasteiger partial charge on any atom is 0.255 e. The summed E-state index contributed by atoms with van der Waals surface area (Å²) in [5.74, 6) is 0.0758. The predicted octanol–water partition coefficient (Wildman–Crippen LogP) is 2.43. The smallest absolute Gasteiger partial charge is 0.255 e. The molecule has 4 nitrogen and oxygen atoms in total. The number of nitrogens with zero attached hydrogens (tertiary/aromatic N) is 3. The van der Waals surface area contributed by atoms with Crippen LogP contribution in [0.5, 0.6) is 0 Å². The van der Waals surface area contributed by atoms with Crippen molar-refractivity contribution in [1.29, 1.82) is 0 Å². The molecule has 0 N–H and O–H groups in total. The van der Waals surface area contributed by atoms with Gasteiger partial charge in [-0.3, -0.25) is 9.69 Å². The van der Waals surface area contributed by atoms with Gasteiger partial charge in [0.05, 0.1) is 5.56 Å². The highest BCUT2D eigenvalue weighted by molar-refractivity contribution is 6.29. The first kappa shape index (κ1) is 13.8. The first-order valence-electron chi connectivity index (χ1n) is 7.32. The van der Waals surface area contributed by atoms with E-state index < -0.39 is 0 Å². The Morgan fingerprint density at radius 1 is 1.35 bits per heavy atom. The van der Waals surface area contributed by atoms with Crippen LogP contribution in [0.3, 0.4) is 0 Å². The van der Waals surface area contributed by atoms with Gasteiger partial charge in [0.1, 0.15) is 5.15 Å². The monoisotopic (exact) mass is 293 g/mol. The number of pyridine rings is 1. The van der Waals surface area contributed by atoms with Gasteiger partial charge in [0.25, 0.3) is 5.91 Å². The molecular weight excluding hydrogens is 274 g/mol. The molecule has 0 saturated carbocycles. The molecule has 5 heteroatoms. The second-order valence-electron chi connectivity index (χ2n) is 5.82. The van der Waals surface area contributed by atoms with Gasteiger partial charge in [-0.15, -0.1) is 0 Å². The number of carbonyl (C=O) groups excluding carboxylic acids is 1. The van der Waals surface area contributed by atoms with Gasteiger partial charge >= 0.3 is 0 Å². The molecule has 1 aromatic heterocycles. The van der Waals surface area contributed by atoms with Crippen LogP contribution in [0.15, 0.2) is 18.3 Å². The molecule has 3 rings (SSSR count). The molecule has 0 radical (unpaired) electrons. The highest BCUT2D eigenvalue weighted by Crippen LogP contribution is 2.25. The van der Waals surface area contributed by atoms with Crippen molar-refractivity contribution in [2.45, 2.75) is 38.3 Å². The van der Waals surface area contributed by atoms with E-state index in [9.17, 15) is 4.79 Å². The molecule has 2 fully saturated rings. The number of rotatable bonds is 1. The average molecular weight is 294 g/mol. The van der Waals surface area contributed by atoms with Crippen LogP contribution in [0, 0.1) is 0 Å². The Balaban J connectivity index is 1.75. The molecule has 0 bridgehead atoms. The van der Waals surface area contributed by atoms with E-state index in [0.717, 1.165) is 13.1 Å². The number of fused-ring (bicyclic) bond motifs is 1. The van der Waals surface area contributed by atoms with E-state index >= 15 is 0 Å². The minimum Gasteiger partial charge on any atom is -0.333 e. The minimum absolute atomic E-state index is 0.0758. The van der Waals surface area contributed by atoms with E-state index in [1.807, 2.05) is 4.90 Å². The summed E-state index contributed by atoms with van der Waals surface area (Å²) >= 11 is 5.78. The molecular formula is C15H20ClN3O. The van der Waals surface area contributed by atoms with Gasteiger partial charge in [-0.1, -0.05) is 18.0 Å². The molecule has 2 saturated heterocycles. The SMILES string of the molecule is CC1CN2CCCCC2CN1C(=O)c1ccc(Cl)nc1. The lowest BCUT2D eigenvalue weighted by Gasteiger charge is -2.47. The lowest BCUT2D eigenvalue weighted by molar-refractivity contribution is 0.0151. The molecule has 0 spiro atoms. The van der Waals surface area contributed by atoms with Crippen LogP contribution in [0.25, 0.3) is 0 Å². The van der Waals surface area contributed by atoms with E-state index in [-0.39, 0.29) is 11.9 Å². The molecule has 2 atom stereocenters. The first-order valence-corrected chi connectivity index (χ1v) is 7.69. The molecule has 1 amide bonds. The topological polar surface area (TPSA) is 36.4 Å². The average Bonchev–Trinajstić information content (AvgIpc) is 2.46. The van der Waals surface area contributed by atoms with Gasteiger partial charge in [-0.05, 0) is 38.4 Å². The van der Waals surface area contributed by atoms with Crippen molar-refractivity contribution in [1.82, 2.24) is 14.8 Å². The molecule has 0 aromatic carbocycles. The Labute approximate surface area is 124 Å². The molecule has 2 unspecified atom stereocenters. The maximum atomic E-state index is 12.6. The minimum atomic E-state index is 0.0758. The van der Waals surface area contributed by atoms with Gasteiger partial charge in [0, 0.05) is 31.4 Å². The van der Waals surface area contributed by atoms with Crippen LogP contribution in [0.1, 0.15) is 36.5 Å². The summed E-state index contributed by atoms with van der Waals surface area (Å²) < 4.78 is 0. The van der Waals surface area contributed by atoms with Crippen LogP contribution in [0.4, 0.5) is 0 Å². The molecule has 2 aliphatic heterocycles. The second-order valence-corrected chi connectivity index (χ2v) is 6.21. The van der Waals surface area contributed by atoms with Crippen molar-refractivity contribution in [2.24, 2.45) is 0 Å². The van der Waals surface area contributed by atoms with E-state index in [0.29, 0.717) is 16.8 Å². The Morgan fingerprint density at radius 3 is 2.95 bits per heavy atom. The van der Waals surface area contributed by atoms with Gasteiger partial charge in [-0.25, -0.2) is 4.98 Å². The highest BCUT2D eigenvalue weighted by atomic mass is 35.5. The van der Waals surface area contributed by atoms with Crippen molar-refractivity contribution in [3.63, 3.8) is 0 Å². The lowest BCUT2D eigenvalue weighted by atomic mass is 9.96. The van der Waals surface area contributed by atoms with Gasteiger partial charge in [0.2, 0.25) is 0 Å². The number of halogens is 1. The predicted molar refractivity (Wildman–Crippen MR) is 79.0 cm³/mol. The third kappa shape index (κ3) is 2.67. The Kier molecular flexibility index (Phi) is 3.94. The second kappa shape index (κ2) is 5.70. The van der Waals surface area contributed by atoms with E-state index in [1.54, 1.807) is 18.3 Å². The Bertz CT molecular complexity index is 490. The zero-order valence-electron chi connectivity index (χ0n) is 11.8. The van der Waals surface area contributed by atoms with Gasteiger partial charge in [0.15, 0.2) is 0 Å². The van der Waals surface area contributed by atoms with E-state index in [4.69, 9.17) is 11.6 Å². The summed E-state index contributed by atoms with van der Waals surface area (Å²) in [4.78, 5) is 21.2. The van der Waals surface area contributed by atoms with Gasteiger partial charge < -0.3 is 4.90 Å². The molecule has 20 heavy (non-hydrogen) atoms. The number of hydrogen-bond donors (Lipinski definition) is 0. The fraction of sp³-hybridized carbons (Fsp3) is 0.600. The van der Waals surface area contributed by atoms with E-state index in [2.05, 4.69) is 16.8 Å². The quantitative estimate of drug-likeness (QED) is 0.746. The first-order chi connectivity index (χ1) is 9.65. The zero-order valence-corrected chi connectivity index (χ0v) is 12.5. The van der Waals surface area contributed by atoms with Crippen LogP contribution in [0.2, 0.25) is 5.15 Å². The number of piperidine rings is 1. The lowest BCUT2D eigenvalue weighted by Crippen LogP contribution is -2.60. The summed E-state index contributed by atoms with van der Waals surface area (Å²) in [6.07, 6.45) is 5.35. The standard InChI is InChI=1S/C15H20ClN3O/c1-11-9-18-7-3-2-4-13(18)10-19(11)15(20)12-5-6-14(16)17-8-12/h5-6,8,11,13H,2-4,7,9-10H2,1H3. The summed E-state index contributed by atoms with van der Waals surface area (Å²) in [6.45, 7) is 5.13. The van der Waals surface area contributed by atoms with Crippen molar-refractivity contribution in [2.75, 3.05) is 19.6 Å². The van der Waals surface area contributed by atoms with Crippen molar-refractivity contribution < 1.29 is 4.79 Å². The van der Waals surface area contributed by atoms with E-state index in [1.165, 1.54) is 25.8 Å². The maximum absolute atomic E-state index is 12.6. The molecule has 0 aliphatic carbocycles. The summed E-state index contributed by atoms with van der Waals surface area (Å²) in [7, 11) is 0. The zero-order chi connectivity index (χ0) is 14.1. The summed E-state index contributed by atoms with van der Waals surface area (Å²) in [6, 6.07) is 4.23. The van der Waals surface area contributed by atoms with Crippen molar-refractivity contribution in [3.8, 4) is 0 Å². The van der Waals surface area contributed by atoms with Crippen LogP contribution in [-0.2, 0) is 0 Å². The number of carbonyl (C=O) groups is 1. The number of piperazine rings is 1. The largest absolute Gasteiger partial charge is 0.333 e. The van der Waals surface area contributed by atoms with Crippen LogP contribution in [-0.4, -0.2) is 52.4 Å². The van der Waals surface area contributed by atoms with Crippen molar-refractivity contribution >= 4 is 17.5 Å². The summed E-state index contributed by atoms with van der Waals surface area (Å²) in [5.41, 5.74) is 0.630. The molecule has 1 aromatic rings. The fourth-order valence-electron chi connectivity index (χ4n) is 3.30. The van der Waals surface area contributed by atoms with Crippen molar-refractivity contribution in [3.05, 3.63) is 29.0 Å². The third-order valence-corrected chi connectivity index (χ3v) is 4.65. The Hall–Kier alpha value is -1.13. The third-order valence-electron chi connectivity index (χ3n) is 4.42.